The summed E-state index contributed by atoms with van der Waals surface area (Å²) in [5.74, 6) is 0.642. The maximum Gasteiger partial charge on any atom is 0.315 e. The van der Waals surface area contributed by atoms with Gasteiger partial charge in [0.25, 0.3) is 0 Å². The van der Waals surface area contributed by atoms with Crippen molar-refractivity contribution < 1.29 is 4.42 Å². The van der Waals surface area contributed by atoms with E-state index in [1.165, 1.54) is 5.56 Å². The zero-order valence-electron chi connectivity index (χ0n) is 10.7. The Hall–Kier alpha value is -2.14. The smallest absolute Gasteiger partial charge is 0.315 e. The predicted molar refractivity (Wildman–Crippen MR) is 77.8 cm³/mol. The largest absolute Gasteiger partial charge is 0.407 e. The Labute approximate surface area is 121 Å². The van der Waals surface area contributed by atoms with Crippen molar-refractivity contribution in [2.75, 3.05) is 11.9 Å². The summed E-state index contributed by atoms with van der Waals surface area (Å²) < 4.78 is 5.28. The number of nitrogens with zero attached hydrogens (tertiary/aromatic N) is 3. The summed E-state index contributed by atoms with van der Waals surface area (Å²) in [6, 6.07) is 10.6. The van der Waals surface area contributed by atoms with Gasteiger partial charge in [-0.2, -0.15) is 0 Å². The molecule has 0 unspecified atom stereocenters. The number of rotatable bonds is 5. The summed E-state index contributed by atoms with van der Waals surface area (Å²) in [6.45, 7) is 0.694. The van der Waals surface area contributed by atoms with Crippen molar-refractivity contribution in [3.8, 4) is 0 Å². The molecule has 0 aliphatic heterocycles. The molecule has 0 amide bonds. The van der Waals surface area contributed by atoms with Gasteiger partial charge in [-0.25, -0.2) is 0 Å². The minimum absolute atomic E-state index is 0.224. The summed E-state index contributed by atoms with van der Waals surface area (Å²) in [6.07, 6.45) is 2.64. The number of hydrogen-bond acceptors (Lipinski definition) is 5. The van der Waals surface area contributed by atoms with Gasteiger partial charge in [-0.1, -0.05) is 29.4 Å². The molecule has 102 valence electrons. The van der Waals surface area contributed by atoms with Gasteiger partial charge in [0.1, 0.15) is 5.88 Å². The number of para-hydroxylation sites is 1. The van der Waals surface area contributed by atoms with Crippen LogP contribution in [0.3, 0.4) is 0 Å². The standard InChI is InChI=1S/C14H13ClN4O/c15-9-12-18-19-14(20-12)17-8-6-11-4-1-3-10-5-2-7-16-13(10)11/h1-5,7H,6,8-9H2,(H,17,19). The van der Waals surface area contributed by atoms with Crippen LogP contribution in [0.5, 0.6) is 0 Å². The highest BCUT2D eigenvalue weighted by atomic mass is 35.5. The Kier molecular flexibility index (Phi) is 3.78. The van der Waals surface area contributed by atoms with E-state index < -0.39 is 0 Å². The molecule has 5 nitrogen and oxygen atoms in total. The van der Waals surface area contributed by atoms with E-state index in [2.05, 4.69) is 38.7 Å². The number of nitrogens with one attached hydrogen (secondary N) is 1. The molecule has 2 aromatic heterocycles. The topological polar surface area (TPSA) is 63.8 Å². The van der Waals surface area contributed by atoms with Crippen molar-refractivity contribution in [3.05, 3.63) is 48.0 Å². The van der Waals surface area contributed by atoms with Crippen molar-refractivity contribution in [2.24, 2.45) is 0 Å². The van der Waals surface area contributed by atoms with Crippen molar-refractivity contribution in [2.45, 2.75) is 12.3 Å². The number of fused-ring (bicyclic) bond motifs is 1. The summed E-state index contributed by atoms with van der Waals surface area (Å²) in [4.78, 5) is 4.43. The van der Waals surface area contributed by atoms with Crippen molar-refractivity contribution >= 4 is 28.5 Å². The van der Waals surface area contributed by atoms with Crippen LogP contribution in [0.1, 0.15) is 11.5 Å². The molecule has 0 bridgehead atoms. The normalized spacial score (nSPS) is 10.8. The third-order valence-electron chi connectivity index (χ3n) is 2.97. The first kappa shape index (κ1) is 12.9. The highest BCUT2D eigenvalue weighted by Crippen LogP contribution is 2.16. The van der Waals surface area contributed by atoms with Crippen LogP contribution in [0.4, 0.5) is 6.01 Å². The fourth-order valence-electron chi connectivity index (χ4n) is 2.05. The summed E-state index contributed by atoms with van der Waals surface area (Å²) >= 11 is 5.60. The molecule has 0 fully saturated rings. The molecule has 1 N–H and O–H groups in total. The first-order chi connectivity index (χ1) is 9.86. The summed E-state index contributed by atoms with van der Waals surface area (Å²) in [5.41, 5.74) is 2.22. The Morgan fingerprint density at radius 3 is 2.90 bits per heavy atom. The van der Waals surface area contributed by atoms with Gasteiger partial charge < -0.3 is 9.73 Å². The number of anilines is 1. The van der Waals surface area contributed by atoms with Crippen LogP contribution in [0.15, 0.2) is 40.9 Å². The van der Waals surface area contributed by atoms with E-state index in [-0.39, 0.29) is 5.88 Å². The molecule has 3 rings (SSSR count). The molecule has 20 heavy (non-hydrogen) atoms. The van der Waals surface area contributed by atoms with Crippen molar-refractivity contribution in [3.63, 3.8) is 0 Å². The van der Waals surface area contributed by atoms with Gasteiger partial charge in [0.2, 0.25) is 5.89 Å². The molecule has 1 aromatic carbocycles. The zero-order chi connectivity index (χ0) is 13.8. The van der Waals surface area contributed by atoms with Crippen LogP contribution >= 0.6 is 11.6 Å². The second kappa shape index (κ2) is 5.88. The van der Waals surface area contributed by atoms with Gasteiger partial charge in [0.05, 0.1) is 5.52 Å². The summed E-state index contributed by atoms with van der Waals surface area (Å²) in [7, 11) is 0. The number of benzene rings is 1. The maximum atomic E-state index is 5.60. The average molecular weight is 289 g/mol. The molecule has 0 atom stereocenters. The van der Waals surface area contributed by atoms with Crippen molar-refractivity contribution in [1.82, 2.24) is 15.2 Å². The SMILES string of the molecule is ClCc1nnc(NCCc2cccc3cccnc23)o1. The molecule has 6 heteroatoms. The van der Waals surface area contributed by atoms with Crippen LogP contribution in [0.2, 0.25) is 0 Å². The highest BCUT2D eigenvalue weighted by Gasteiger charge is 2.05. The fraction of sp³-hybridized carbons (Fsp3) is 0.214. The fourth-order valence-corrected chi connectivity index (χ4v) is 2.16. The van der Waals surface area contributed by atoms with Crippen LogP contribution in [-0.4, -0.2) is 21.7 Å². The summed E-state index contributed by atoms with van der Waals surface area (Å²) in [5, 5.41) is 11.9. The van der Waals surface area contributed by atoms with E-state index in [9.17, 15) is 0 Å². The van der Waals surface area contributed by atoms with Gasteiger partial charge in [-0.05, 0) is 18.1 Å². The first-order valence-electron chi connectivity index (χ1n) is 6.31. The van der Waals surface area contributed by atoms with Gasteiger partial charge in [-0.15, -0.1) is 16.7 Å². The van der Waals surface area contributed by atoms with Gasteiger partial charge in [-0.3, -0.25) is 4.98 Å². The Balaban J connectivity index is 1.68. The average Bonchev–Trinajstić information content (AvgIpc) is 2.95. The Morgan fingerprint density at radius 1 is 1.15 bits per heavy atom. The number of halogens is 1. The molecule has 0 spiro atoms. The van der Waals surface area contributed by atoms with E-state index in [0.717, 1.165) is 17.3 Å². The molecule has 2 heterocycles. The molecule has 0 saturated carbocycles. The molecule has 0 radical (unpaired) electrons. The van der Waals surface area contributed by atoms with Crippen LogP contribution in [0.25, 0.3) is 10.9 Å². The monoisotopic (exact) mass is 288 g/mol. The predicted octanol–water partition coefficient (Wildman–Crippen LogP) is 3.01. The third kappa shape index (κ3) is 2.72. The minimum atomic E-state index is 0.224. The van der Waals surface area contributed by atoms with Crippen LogP contribution in [-0.2, 0) is 12.3 Å². The lowest BCUT2D eigenvalue weighted by atomic mass is 10.1. The van der Waals surface area contributed by atoms with Gasteiger partial charge >= 0.3 is 6.01 Å². The Morgan fingerprint density at radius 2 is 2.05 bits per heavy atom. The molecule has 0 aliphatic carbocycles. The van der Waals surface area contributed by atoms with E-state index in [4.69, 9.17) is 16.0 Å². The van der Waals surface area contributed by atoms with E-state index >= 15 is 0 Å². The maximum absolute atomic E-state index is 5.60. The number of pyridine rings is 1. The highest BCUT2D eigenvalue weighted by molar-refractivity contribution is 6.16. The lowest BCUT2D eigenvalue weighted by Crippen LogP contribution is -2.05. The molecule has 0 aliphatic rings. The second-order valence-electron chi connectivity index (χ2n) is 4.30. The molecule has 3 aromatic rings. The van der Waals surface area contributed by atoms with Gasteiger partial charge in [0.15, 0.2) is 0 Å². The first-order valence-corrected chi connectivity index (χ1v) is 6.85. The van der Waals surface area contributed by atoms with E-state index in [1.807, 2.05) is 18.3 Å². The number of hydrogen-bond donors (Lipinski definition) is 1. The zero-order valence-corrected chi connectivity index (χ0v) is 11.5. The van der Waals surface area contributed by atoms with Crippen molar-refractivity contribution in [1.29, 1.82) is 0 Å². The minimum Gasteiger partial charge on any atom is -0.407 e. The number of alkyl halides is 1. The Bertz CT molecular complexity index is 708. The second-order valence-corrected chi connectivity index (χ2v) is 4.57. The van der Waals surface area contributed by atoms with E-state index in [1.54, 1.807) is 0 Å². The molecular weight excluding hydrogens is 276 g/mol. The molecule has 0 saturated heterocycles. The van der Waals surface area contributed by atoms with Crippen LogP contribution in [0, 0.1) is 0 Å². The lowest BCUT2D eigenvalue weighted by Gasteiger charge is -2.05. The molecular formula is C14H13ClN4O. The lowest BCUT2D eigenvalue weighted by molar-refractivity contribution is 0.525. The quantitative estimate of drug-likeness (QED) is 0.731. The van der Waals surface area contributed by atoms with Crippen LogP contribution < -0.4 is 5.32 Å². The van der Waals surface area contributed by atoms with Gasteiger partial charge in [0, 0.05) is 18.1 Å². The number of aromatic nitrogens is 3. The van der Waals surface area contributed by atoms with E-state index in [0.29, 0.717) is 18.5 Å². The third-order valence-corrected chi connectivity index (χ3v) is 3.20.